The standard InChI is InChI=1S/C13H25NO2S/c1-11(2)5-8-17-9-12(15)14-10-13(16)6-3-4-7-13/h11,16H,3-10H2,1-2H3,(H,14,15). The number of carbonyl (C=O) groups is 1. The van der Waals surface area contributed by atoms with Crippen molar-refractivity contribution in [3.05, 3.63) is 0 Å². The molecule has 3 nitrogen and oxygen atoms in total. The van der Waals surface area contributed by atoms with Gasteiger partial charge in [-0.3, -0.25) is 4.79 Å². The Labute approximate surface area is 109 Å². The first-order chi connectivity index (χ1) is 8.02. The maximum absolute atomic E-state index is 11.5. The molecule has 1 saturated carbocycles. The van der Waals surface area contributed by atoms with Crippen LogP contribution >= 0.6 is 11.8 Å². The highest BCUT2D eigenvalue weighted by atomic mass is 32.2. The van der Waals surface area contributed by atoms with Crippen LogP contribution in [0.4, 0.5) is 0 Å². The molecule has 1 amide bonds. The molecule has 0 aromatic heterocycles. The summed E-state index contributed by atoms with van der Waals surface area (Å²) in [5, 5.41) is 12.9. The van der Waals surface area contributed by atoms with Crippen molar-refractivity contribution in [1.82, 2.24) is 5.32 Å². The number of amides is 1. The minimum atomic E-state index is -0.627. The number of hydrogen-bond donors (Lipinski definition) is 2. The second-order valence-corrected chi connectivity index (χ2v) is 6.55. The van der Waals surface area contributed by atoms with Crippen molar-refractivity contribution < 1.29 is 9.90 Å². The van der Waals surface area contributed by atoms with Gasteiger partial charge < -0.3 is 10.4 Å². The van der Waals surface area contributed by atoms with E-state index in [0.717, 1.165) is 37.9 Å². The molecule has 1 aliphatic rings. The number of thioether (sulfide) groups is 1. The third-order valence-electron chi connectivity index (χ3n) is 3.22. The second-order valence-electron chi connectivity index (χ2n) is 5.44. The Morgan fingerprint density at radius 1 is 1.41 bits per heavy atom. The molecule has 1 aliphatic carbocycles. The normalized spacial score (nSPS) is 18.6. The summed E-state index contributed by atoms with van der Waals surface area (Å²) in [6.45, 7) is 4.81. The zero-order valence-electron chi connectivity index (χ0n) is 11.0. The Hall–Kier alpha value is -0.220. The Morgan fingerprint density at radius 2 is 2.06 bits per heavy atom. The number of carbonyl (C=O) groups excluding carboxylic acids is 1. The predicted molar refractivity (Wildman–Crippen MR) is 73.2 cm³/mol. The van der Waals surface area contributed by atoms with E-state index >= 15 is 0 Å². The fourth-order valence-electron chi connectivity index (χ4n) is 2.01. The highest BCUT2D eigenvalue weighted by Gasteiger charge is 2.31. The summed E-state index contributed by atoms with van der Waals surface area (Å²) < 4.78 is 0. The van der Waals surface area contributed by atoms with Crippen LogP contribution < -0.4 is 5.32 Å². The lowest BCUT2D eigenvalue weighted by atomic mass is 10.0. The minimum Gasteiger partial charge on any atom is -0.388 e. The van der Waals surface area contributed by atoms with Crippen LogP contribution in [-0.4, -0.2) is 34.7 Å². The summed E-state index contributed by atoms with van der Waals surface area (Å²) in [4.78, 5) is 11.5. The van der Waals surface area contributed by atoms with Gasteiger partial charge in [0, 0.05) is 6.54 Å². The van der Waals surface area contributed by atoms with E-state index in [2.05, 4.69) is 19.2 Å². The fourth-order valence-corrected chi connectivity index (χ4v) is 3.08. The molecular formula is C13H25NO2S. The number of hydrogen-bond acceptors (Lipinski definition) is 3. The van der Waals surface area contributed by atoms with Gasteiger partial charge in [0.25, 0.3) is 0 Å². The van der Waals surface area contributed by atoms with Crippen LogP contribution in [0.5, 0.6) is 0 Å². The quantitative estimate of drug-likeness (QED) is 0.689. The Bertz CT molecular complexity index is 238. The van der Waals surface area contributed by atoms with Gasteiger partial charge in [0.2, 0.25) is 5.91 Å². The van der Waals surface area contributed by atoms with Gasteiger partial charge in [0.1, 0.15) is 0 Å². The van der Waals surface area contributed by atoms with Crippen molar-refractivity contribution in [2.24, 2.45) is 5.92 Å². The summed E-state index contributed by atoms with van der Waals surface area (Å²) in [6.07, 6.45) is 4.97. The maximum atomic E-state index is 11.5. The third-order valence-corrected chi connectivity index (χ3v) is 4.21. The summed E-state index contributed by atoms with van der Waals surface area (Å²) >= 11 is 1.68. The van der Waals surface area contributed by atoms with Gasteiger partial charge >= 0.3 is 0 Å². The molecule has 1 fully saturated rings. The van der Waals surface area contributed by atoms with Crippen LogP contribution in [0.3, 0.4) is 0 Å². The topological polar surface area (TPSA) is 49.3 Å². The molecular weight excluding hydrogens is 234 g/mol. The molecule has 2 N–H and O–H groups in total. The molecule has 0 radical (unpaired) electrons. The van der Waals surface area contributed by atoms with Crippen molar-refractivity contribution in [2.45, 2.75) is 51.6 Å². The average molecular weight is 259 g/mol. The minimum absolute atomic E-state index is 0.0547. The average Bonchev–Trinajstić information content (AvgIpc) is 2.69. The molecule has 4 heteroatoms. The van der Waals surface area contributed by atoms with Crippen LogP contribution in [0.2, 0.25) is 0 Å². The van der Waals surface area contributed by atoms with Crippen molar-refractivity contribution in [1.29, 1.82) is 0 Å². The van der Waals surface area contributed by atoms with Crippen LogP contribution in [0.1, 0.15) is 46.0 Å². The van der Waals surface area contributed by atoms with Crippen LogP contribution in [0.25, 0.3) is 0 Å². The van der Waals surface area contributed by atoms with Gasteiger partial charge in [-0.05, 0) is 30.9 Å². The number of rotatable bonds is 7. The van der Waals surface area contributed by atoms with Crippen molar-refractivity contribution in [3.8, 4) is 0 Å². The van der Waals surface area contributed by atoms with E-state index in [0.29, 0.717) is 18.2 Å². The number of nitrogens with one attached hydrogen (secondary N) is 1. The Kier molecular flexibility index (Phi) is 6.34. The van der Waals surface area contributed by atoms with E-state index in [1.807, 2.05) is 0 Å². The van der Waals surface area contributed by atoms with E-state index in [9.17, 15) is 9.90 Å². The molecule has 0 heterocycles. The Balaban J connectivity index is 2.05. The van der Waals surface area contributed by atoms with Crippen LogP contribution in [0, 0.1) is 5.92 Å². The first-order valence-corrected chi connectivity index (χ1v) is 7.74. The number of aliphatic hydroxyl groups is 1. The van der Waals surface area contributed by atoms with Gasteiger partial charge in [-0.1, -0.05) is 26.7 Å². The van der Waals surface area contributed by atoms with Crippen LogP contribution in [-0.2, 0) is 4.79 Å². The fraction of sp³-hybridized carbons (Fsp3) is 0.923. The molecule has 0 unspecified atom stereocenters. The first-order valence-electron chi connectivity index (χ1n) is 6.59. The Morgan fingerprint density at radius 3 is 2.65 bits per heavy atom. The van der Waals surface area contributed by atoms with Gasteiger partial charge in [-0.25, -0.2) is 0 Å². The van der Waals surface area contributed by atoms with Gasteiger partial charge in [-0.15, -0.1) is 0 Å². The lowest BCUT2D eigenvalue weighted by Gasteiger charge is -2.22. The van der Waals surface area contributed by atoms with Crippen LogP contribution in [0.15, 0.2) is 0 Å². The van der Waals surface area contributed by atoms with Crippen molar-refractivity contribution in [3.63, 3.8) is 0 Å². The van der Waals surface area contributed by atoms with Gasteiger partial charge in [0.05, 0.1) is 11.4 Å². The molecule has 0 aromatic carbocycles. The molecule has 1 rings (SSSR count). The maximum Gasteiger partial charge on any atom is 0.230 e. The largest absolute Gasteiger partial charge is 0.388 e. The molecule has 0 spiro atoms. The summed E-state index contributed by atoms with van der Waals surface area (Å²) in [7, 11) is 0. The van der Waals surface area contributed by atoms with E-state index in [4.69, 9.17) is 0 Å². The van der Waals surface area contributed by atoms with Gasteiger partial charge in [0.15, 0.2) is 0 Å². The first kappa shape index (κ1) is 14.8. The van der Waals surface area contributed by atoms with E-state index in [1.165, 1.54) is 0 Å². The summed E-state index contributed by atoms with van der Waals surface area (Å²) in [5.41, 5.74) is -0.627. The van der Waals surface area contributed by atoms with E-state index < -0.39 is 5.60 Å². The zero-order valence-corrected chi connectivity index (χ0v) is 11.8. The van der Waals surface area contributed by atoms with Crippen molar-refractivity contribution in [2.75, 3.05) is 18.1 Å². The molecule has 0 aliphatic heterocycles. The second kappa shape index (κ2) is 7.27. The van der Waals surface area contributed by atoms with Crippen molar-refractivity contribution >= 4 is 17.7 Å². The highest BCUT2D eigenvalue weighted by Crippen LogP contribution is 2.28. The third kappa shape index (κ3) is 6.32. The summed E-state index contributed by atoms with van der Waals surface area (Å²) in [5.74, 6) is 2.31. The SMILES string of the molecule is CC(C)CCSCC(=O)NCC1(O)CCCC1. The predicted octanol–water partition coefficient (Wildman–Crippen LogP) is 2.19. The molecule has 0 saturated heterocycles. The highest BCUT2D eigenvalue weighted by molar-refractivity contribution is 7.99. The van der Waals surface area contributed by atoms with E-state index in [-0.39, 0.29) is 5.91 Å². The molecule has 0 bridgehead atoms. The molecule has 17 heavy (non-hydrogen) atoms. The lowest BCUT2D eigenvalue weighted by molar-refractivity contribution is -0.119. The zero-order chi connectivity index (χ0) is 12.7. The monoisotopic (exact) mass is 259 g/mol. The molecule has 0 aromatic rings. The summed E-state index contributed by atoms with van der Waals surface area (Å²) in [6, 6.07) is 0. The lowest BCUT2D eigenvalue weighted by Crippen LogP contribution is -2.41. The smallest absolute Gasteiger partial charge is 0.230 e. The van der Waals surface area contributed by atoms with Gasteiger partial charge in [-0.2, -0.15) is 11.8 Å². The van der Waals surface area contributed by atoms with E-state index in [1.54, 1.807) is 11.8 Å². The molecule has 0 atom stereocenters. The molecule has 100 valence electrons.